The molecule has 8 heteroatoms. The first-order valence-electron chi connectivity index (χ1n) is 9.67. The molecule has 0 aromatic heterocycles. The number of amides is 3. The first-order valence-corrected chi connectivity index (χ1v) is 9.67. The molecule has 0 bridgehead atoms. The van der Waals surface area contributed by atoms with Crippen LogP contribution in [0.15, 0.2) is 60.7 Å². The molecule has 160 valence electrons. The minimum absolute atomic E-state index is 0.0943. The lowest BCUT2D eigenvalue weighted by atomic mass is 10.1. The lowest BCUT2D eigenvalue weighted by molar-refractivity contribution is -0.128. The van der Waals surface area contributed by atoms with Crippen LogP contribution in [0.4, 0.5) is 4.79 Å². The Bertz CT molecular complexity index is 814. The van der Waals surface area contributed by atoms with Crippen LogP contribution >= 0.6 is 0 Å². The van der Waals surface area contributed by atoms with Crippen molar-refractivity contribution in [3.63, 3.8) is 0 Å². The van der Waals surface area contributed by atoms with Crippen LogP contribution in [0, 0.1) is 0 Å². The SMILES string of the molecule is C[C@H](NC(=O)CNC(=O)OCc1ccccc1)C(=O)N[C@H](CO)Cc1ccccc1. The van der Waals surface area contributed by atoms with Crippen LogP contribution in [-0.2, 0) is 27.4 Å². The Morgan fingerprint density at radius 2 is 1.53 bits per heavy atom. The molecule has 0 aliphatic rings. The second-order valence-electron chi connectivity index (χ2n) is 6.78. The number of hydrogen-bond acceptors (Lipinski definition) is 5. The number of hydrogen-bond donors (Lipinski definition) is 4. The second kappa shape index (κ2) is 12.2. The summed E-state index contributed by atoms with van der Waals surface area (Å²) in [4.78, 5) is 35.9. The zero-order chi connectivity index (χ0) is 21.8. The van der Waals surface area contributed by atoms with E-state index in [4.69, 9.17) is 4.74 Å². The van der Waals surface area contributed by atoms with Gasteiger partial charge >= 0.3 is 6.09 Å². The molecular weight excluding hydrogens is 386 g/mol. The highest BCUT2D eigenvalue weighted by molar-refractivity contribution is 5.89. The van der Waals surface area contributed by atoms with Gasteiger partial charge in [0.05, 0.1) is 12.6 Å². The first kappa shape index (κ1) is 22.9. The first-order chi connectivity index (χ1) is 14.5. The molecule has 0 aliphatic heterocycles. The third-order valence-corrected chi connectivity index (χ3v) is 4.27. The molecule has 2 rings (SSSR count). The summed E-state index contributed by atoms with van der Waals surface area (Å²) in [5.74, 6) is -0.956. The van der Waals surface area contributed by atoms with Gasteiger partial charge in [-0.15, -0.1) is 0 Å². The molecule has 3 amide bonds. The summed E-state index contributed by atoms with van der Waals surface area (Å²) in [5.41, 5.74) is 1.81. The number of carbonyl (C=O) groups is 3. The maximum absolute atomic E-state index is 12.3. The third-order valence-electron chi connectivity index (χ3n) is 4.27. The van der Waals surface area contributed by atoms with Crippen LogP contribution in [0.5, 0.6) is 0 Å². The maximum Gasteiger partial charge on any atom is 0.407 e. The fourth-order valence-corrected chi connectivity index (χ4v) is 2.67. The Morgan fingerprint density at radius 1 is 0.933 bits per heavy atom. The minimum atomic E-state index is -0.829. The van der Waals surface area contributed by atoms with Gasteiger partial charge in [0.15, 0.2) is 0 Å². The number of benzene rings is 2. The van der Waals surface area contributed by atoms with Gasteiger partial charge < -0.3 is 25.8 Å². The Balaban J connectivity index is 1.69. The molecular formula is C22H27N3O5. The predicted octanol–water partition coefficient (Wildman–Crippen LogP) is 1.14. The lowest BCUT2D eigenvalue weighted by Gasteiger charge is -2.20. The van der Waals surface area contributed by atoms with Crippen molar-refractivity contribution in [3.8, 4) is 0 Å². The summed E-state index contributed by atoms with van der Waals surface area (Å²) in [7, 11) is 0. The second-order valence-corrected chi connectivity index (χ2v) is 6.78. The third kappa shape index (κ3) is 8.32. The van der Waals surface area contributed by atoms with Crippen molar-refractivity contribution >= 4 is 17.9 Å². The summed E-state index contributed by atoms with van der Waals surface area (Å²) in [5, 5.41) is 17.1. The number of ether oxygens (including phenoxy) is 1. The van der Waals surface area contributed by atoms with Crippen molar-refractivity contribution in [1.82, 2.24) is 16.0 Å². The number of nitrogens with one attached hydrogen (secondary N) is 3. The van der Waals surface area contributed by atoms with Gasteiger partial charge in [-0.1, -0.05) is 60.7 Å². The smallest absolute Gasteiger partial charge is 0.407 e. The van der Waals surface area contributed by atoms with Crippen LogP contribution in [0.3, 0.4) is 0 Å². The van der Waals surface area contributed by atoms with E-state index in [2.05, 4.69) is 16.0 Å². The molecule has 0 saturated carbocycles. The molecule has 4 N–H and O–H groups in total. The van der Waals surface area contributed by atoms with Gasteiger partial charge in [0.25, 0.3) is 0 Å². The van der Waals surface area contributed by atoms with Crippen LogP contribution in [0.2, 0.25) is 0 Å². The topological polar surface area (TPSA) is 117 Å². The summed E-state index contributed by atoms with van der Waals surface area (Å²) >= 11 is 0. The molecule has 2 atom stereocenters. The summed E-state index contributed by atoms with van der Waals surface area (Å²) in [6, 6.07) is 17.3. The van der Waals surface area contributed by atoms with Crippen molar-refractivity contribution in [2.45, 2.75) is 32.0 Å². The zero-order valence-electron chi connectivity index (χ0n) is 16.8. The number of rotatable bonds is 10. The number of carbonyl (C=O) groups excluding carboxylic acids is 3. The molecule has 2 aromatic rings. The van der Waals surface area contributed by atoms with Crippen molar-refractivity contribution in [3.05, 3.63) is 71.8 Å². The molecule has 0 aliphatic carbocycles. The van der Waals surface area contributed by atoms with Crippen molar-refractivity contribution < 1.29 is 24.2 Å². The monoisotopic (exact) mass is 413 g/mol. The molecule has 0 saturated heterocycles. The van der Waals surface area contributed by atoms with Gasteiger partial charge in [0.1, 0.15) is 19.2 Å². The van der Waals surface area contributed by atoms with E-state index in [9.17, 15) is 19.5 Å². The molecule has 0 unspecified atom stereocenters. The maximum atomic E-state index is 12.3. The van der Waals surface area contributed by atoms with Gasteiger partial charge in [-0.3, -0.25) is 9.59 Å². The fraction of sp³-hybridized carbons (Fsp3) is 0.318. The Labute approximate surface area is 175 Å². The van der Waals surface area contributed by atoms with E-state index < -0.39 is 30.0 Å². The van der Waals surface area contributed by atoms with E-state index >= 15 is 0 Å². The summed E-state index contributed by atoms with van der Waals surface area (Å²) < 4.78 is 5.02. The van der Waals surface area contributed by atoms with E-state index in [1.54, 1.807) is 0 Å². The summed E-state index contributed by atoms with van der Waals surface area (Å²) in [6.45, 7) is 1.07. The van der Waals surface area contributed by atoms with Crippen molar-refractivity contribution in [1.29, 1.82) is 0 Å². The fourth-order valence-electron chi connectivity index (χ4n) is 2.67. The number of aliphatic hydroxyl groups is 1. The average Bonchev–Trinajstić information content (AvgIpc) is 2.77. The summed E-state index contributed by atoms with van der Waals surface area (Å²) in [6.07, 6.45) is -0.257. The zero-order valence-corrected chi connectivity index (χ0v) is 16.8. The van der Waals surface area contributed by atoms with Crippen molar-refractivity contribution in [2.24, 2.45) is 0 Å². The Kier molecular flexibility index (Phi) is 9.33. The Hall–Kier alpha value is -3.39. The van der Waals surface area contributed by atoms with Crippen molar-refractivity contribution in [2.75, 3.05) is 13.2 Å². The molecule has 0 heterocycles. The molecule has 2 aromatic carbocycles. The Morgan fingerprint density at radius 3 is 2.13 bits per heavy atom. The van der Waals surface area contributed by atoms with Crippen LogP contribution in [0.1, 0.15) is 18.1 Å². The van der Waals surface area contributed by atoms with Gasteiger partial charge in [0.2, 0.25) is 11.8 Å². The predicted molar refractivity (Wildman–Crippen MR) is 111 cm³/mol. The van der Waals surface area contributed by atoms with Gasteiger partial charge in [-0.25, -0.2) is 4.79 Å². The van der Waals surface area contributed by atoms with E-state index in [1.807, 2.05) is 60.7 Å². The molecule has 0 spiro atoms. The van der Waals surface area contributed by atoms with E-state index in [0.29, 0.717) is 6.42 Å². The highest BCUT2D eigenvalue weighted by Gasteiger charge is 2.19. The van der Waals surface area contributed by atoms with Crippen LogP contribution < -0.4 is 16.0 Å². The van der Waals surface area contributed by atoms with Gasteiger partial charge in [-0.2, -0.15) is 0 Å². The highest BCUT2D eigenvalue weighted by atomic mass is 16.5. The lowest BCUT2D eigenvalue weighted by Crippen LogP contribution is -2.51. The molecule has 30 heavy (non-hydrogen) atoms. The minimum Gasteiger partial charge on any atom is -0.445 e. The quantitative estimate of drug-likeness (QED) is 0.466. The highest BCUT2D eigenvalue weighted by Crippen LogP contribution is 2.03. The van der Waals surface area contributed by atoms with E-state index in [1.165, 1.54) is 6.92 Å². The van der Waals surface area contributed by atoms with Gasteiger partial charge in [-0.05, 0) is 24.5 Å². The largest absolute Gasteiger partial charge is 0.445 e. The standard InChI is InChI=1S/C22H27N3O5/c1-16(21(28)25-19(14-26)12-17-8-4-2-5-9-17)24-20(27)13-23-22(29)30-15-18-10-6-3-7-11-18/h2-11,16,19,26H,12-15H2,1H3,(H,23,29)(H,24,27)(H,25,28)/t16-,19-/m0/s1. The van der Waals surface area contributed by atoms with Gasteiger partial charge in [0, 0.05) is 0 Å². The molecule has 0 radical (unpaired) electrons. The average molecular weight is 413 g/mol. The molecule has 0 fully saturated rings. The van der Waals surface area contributed by atoms with Crippen LogP contribution in [-0.4, -0.2) is 48.2 Å². The van der Waals surface area contributed by atoms with Crippen LogP contribution in [0.25, 0.3) is 0 Å². The number of alkyl carbamates (subject to hydrolysis) is 1. The molecule has 8 nitrogen and oxygen atoms in total. The normalized spacial score (nSPS) is 12.3. The van der Waals surface area contributed by atoms with E-state index in [0.717, 1.165) is 11.1 Å². The van der Waals surface area contributed by atoms with E-state index in [-0.39, 0.29) is 19.8 Å². The number of aliphatic hydroxyl groups excluding tert-OH is 1.